The highest BCUT2D eigenvalue weighted by atomic mass is 32.2. The number of aromatic nitrogens is 1. The Morgan fingerprint density at radius 3 is 2.56 bits per heavy atom. The van der Waals surface area contributed by atoms with Crippen LogP contribution in [0.2, 0.25) is 0 Å². The molecule has 0 aliphatic carbocycles. The van der Waals surface area contributed by atoms with E-state index in [1.807, 2.05) is 24.3 Å². The number of benzene rings is 1. The Balaban J connectivity index is 1.43. The van der Waals surface area contributed by atoms with Crippen LogP contribution in [0, 0.1) is 5.92 Å². The highest BCUT2D eigenvalue weighted by Gasteiger charge is 2.34. The average Bonchev–Trinajstić information content (AvgIpc) is 3.21. The van der Waals surface area contributed by atoms with Crippen molar-refractivity contribution in [3.05, 3.63) is 47.8 Å². The molecule has 2 amide bonds. The molecule has 2 fully saturated rings. The molecule has 0 spiro atoms. The maximum absolute atomic E-state index is 13.3. The number of carbonyl (C=O) groups is 2. The van der Waals surface area contributed by atoms with E-state index in [0.29, 0.717) is 38.2 Å². The van der Waals surface area contributed by atoms with E-state index in [-0.39, 0.29) is 23.3 Å². The zero-order valence-corrected chi connectivity index (χ0v) is 20.6. The summed E-state index contributed by atoms with van der Waals surface area (Å²) in [5, 5.41) is 2.94. The molecule has 9 heteroatoms. The van der Waals surface area contributed by atoms with E-state index in [1.54, 1.807) is 4.90 Å². The van der Waals surface area contributed by atoms with Gasteiger partial charge in [-0.3, -0.25) is 9.59 Å². The molecule has 2 aliphatic heterocycles. The van der Waals surface area contributed by atoms with Crippen LogP contribution < -0.4 is 5.32 Å². The van der Waals surface area contributed by atoms with E-state index >= 15 is 0 Å². The van der Waals surface area contributed by atoms with E-state index in [4.69, 9.17) is 0 Å². The quantitative estimate of drug-likeness (QED) is 0.651. The molecule has 1 atom stereocenters. The molecule has 2 aromatic rings. The summed E-state index contributed by atoms with van der Waals surface area (Å²) in [5.41, 5.74) is 2.15. The van der Waals surface area contributed by atoms with Crippen LogP contribution in [0.25, 0.3) is 0 Å². The number of nitrogens with zero attached hydrogens (tertiary/aromatic N) is 2. The third kappa shape index (κ3) is 5.52. The minimum Gasteiger partial charge on any atom is -0.356 e. The van der Waals surface area contributed by atoms with Crippen LogP contribution in [0.5, 0.6) is 0 Å². The predicted molar refractivity (Wildman–Crippen MR) is 131 cm³/mol. The molecular formula is C25H34N4O4S. The van der Waals surface area contributed by atoms with Crippen molar-refractivity contribution in [1.29, 1.82) is 0 Å². The third-order valence-electron chi connectivity index (χ3n) is 6.78. The SMILES string of the molecule is CCc1cccc(NC(=O)[C@H]2CCCN(S(=O)(=O)c3c[nH]c(C(=O)N4CCCCCC4)c3)C2)c1. The summed E-state index contributed by atoms with van der Waals surface area (Å²) in [6.45, 7) is 3.94. The largest absolute Gasteiger partial charge is 0.356 e. The number of nitrogens with one attached hydrogen (secondary N) is 2. The summed E-state index contributed by atoms with van der Waals surface area (Å²) in [6.07, 6.45) is 7.67. The normalized spacial score (nSPS) is 20.0. The molecular weight excluding hydrogens is 452 g/mol. The number of sulfonamides is 1. The van der Waals surface area contributed by atoms with Crippen LogP contribution in [0.15, 0.2) is 41.4 Å². The van der Waals surface area contributed by atoms with Crippen LogP contribution in [0.4, 0.5) is 5.69 Å². The first-order valence-electron chi connectivity index (χ1n) is 12.3. The number of rotatable bonds is 6. The fourth-order valence-electron chi connectivity index (χ4n) is 4.73. The molecule has 8 nitrogen and oxygen atoms in total. The molecule has 1 aromatic carbocycles. The molecule has 2 N–H and O–H groups in total. The Morgan fingerprint density at radius 1 is 1.06 bits per heavy atom. The average molecular weight is 487 g/mol. The van der Waals surface area contributed by atoms with E-state index in [9.17, 15) is 18.0 Å². The van der Waals surface area contributed by atoms with Crippen molar-refractivity contribution in [2.75, 3.05) is 31.5 Å². The Kier molecular flexibility index (Phi) is 7.73. The van der Waals surface area contributed by atoms with Crippen molar-refractivity contribution >= 4 is 27.5 Å². The van der Waals surface area contributed by atoms with Crippen molar-refractivity contribution in [1.82, 2.24) is 14.2 Å². The summed E-state index contributed by atoms with van der Waals surface area (Å²) in [7, 11) is -3.81. The number of aromatic amines is 1. The zero-order chi connectivity index (χ0) is 24.1. The maximum atomic E-state index is 13.3. The number of hydrogen-bond acceptors (Lipinski definition) is 4. The van der Waals surface area contributed by atoms with Crippen molar-refractivity contribution in [3.63, 3.8) is 0 Å². The molecule has 34 heavy (non-hydrogen) atoms. The second-order valence-corrected chi connectivity index (χ2v) is 11.1. The van der Waals surface area contributed by atoms with Gasteiger partial charge < -0.3 is 15.2 Å². The highest BCUT2D eigenvalue weighted by molar-refractivity contribution is 7.89. The first kappa shape index (κ1) is 24.5. The van der Waals surface area contributed by atoms with Crippen LogP contribution in [-0.2, 0) is 21.2 Å². The van der Waals surface area contributed by atoms with Crippen molar-refractivity contribution < 1.29 is 18.0 Å². The van der Waals surface area contributed by atoms with Gasteiger partial charge in [-0.1, -0.05) is 31.9 Å². The molecule has 184 valence electrons. The van der Waals surface area contributed by atoms with Crippen molar-refractivity contribution in [2.24, 2.45) is 5.92 Å². The summed E-state index contributed by atoms with van der Waals surface area (Å²) in [4.78, 5) is 30.5. The second kappa shape index (κ2) is 10.7. The summed E-state index contributed by atoms with van der Waals surface area (Å²) in [5.74, 6) is -0.751. The van der Waals surface area contributed by atoms with Crippen LogP contribution in [0.1, 0.15) is 61.5 Å². The van der Waals surface area contributed by atoms with Crippen LogP contribution in [-0.4, -0.2) is 60.6 Å². The lowest BCUT2D eigenvalue weighted by atomic mass is 9.98. The van der Waals surface area contributed by atoms with Crippen molar-refractivity contribution in [3.8, 4) is 0 Å². The molecule has 3 heterocycles. The van der Waals surface area contributed by atoms with Gasteiger partial charge >= 0.3 is 0 Å². The molecule has 2 saturated heterocycles. The maximum Gasteiger partial charge on any atom is 0.270 e. The number of carbonyl (C=O) groups excluding carboxylic acids is 2. The van der Waals surface area contributed by atoms with Gasteiger partial charge in [0.1, 0.15) is 10.6 Å². The van der Waals surface area contributed by atoms with Gasteiger partial charge in [-0.15, -0.1) is 0 Å². The minimum absolute atomic E-state index is 0.0716. The predicted octanol–water partition coefficient (Wildman–Crippen LogP) is 3.63. The van der Waals surface area contributed by atoms with E-state index < -0.39 is 15.9 Å². The second-order valence-electron chi connectivity index (χ2n) is 9.20. The molecule has 0 bridgehead atoms. The standard InChI is InChI=1S/C25H34N4O4S/c1-2-19-9-7-11-21(15-19)27-24(30)20-10-8-14-29(18-20)34(32,33)22-16-23(26-17-22)25(31)28-12-5-3-4-6-13-28/h7,9,11,15-17,20,26H,2-6,8,10,12-14,18H2,1H3,(H,27,30)/t20-/m0/s1. The van der Waals surface area contributed by atoms with Gasteiger partial charge in [0.15, 0.2) is 0 Å². The van der Waals surface area contributed by atoms with Gasteiger partial charge in [-0.2, -0.15) is 4.31 Å². The number of amides is 2. The Bertz CT molecular complexity index is 1120. The Hall–Kier alpha value is -2.65. The molecule has 0 saturated carbocycles. The molecule has 0 radical (unpaired) electrons. The van der Waals surface area contributed by atoms with E-state index in [2.05, 4.69) is 17.2 Å². The van der Waals surface area contributed by atoms with Gasteiger partial charge in [0.25, 0.3) is 5.91 Å². The lowest BCUT2D eigenvalue weighted by Crippen LogP contribution is -2.43. The van der Waals surface area contributed by atoms with Gasteiger partial charge in [-0.05, 0) is 55.9 Å². The summed E-state index contributed by atoms with van der Waals surface area (Å²) < 4.78 is 28.0. The number of aryl methyl sites for hydroxylation is 1. The number of hydrogen-bond donors (Lipinski definition) is 2. The number of H-pyrrole nitrogens is 1. The monoisotopic (exact) mass is 486 g/mol. The fraction of sp³-hybridized carbons (Fsp3) is 0.520. The molecule has 2 aliphatic rings. The Morgan fingerprint density at radius 2 is 1.82 bits per heavy atom. The Labute approximate surface area is 201 Å². The highest BCUT2D eigenvalue weighted by Crippen LogP contribution is 2.26. The van der Waals surface area contributed by atoms with Crippen molar-refractivity contribution in [2.45, 2.75) is 56.8 Å². The van der Waals surface area contributed by atoms with E-state index in [0.717, 1.165) is 43.4 Å². The molecule has 0 unspecified atom stereocenters. The number of anilines is 1. The molecule has 4 rings (SSSR count). The van der Waals surface area contributed by atoms with E-state index in [1.165, 1.54) is 16.6 Å². The number of likely N-dealkylation sites (tertiary alicyclic amines) is 1. The van der Waals surface area contributed by atoms with Gasteiger partial charge in [0.05, 0.1) is 5.92 Å². The van der Waals surface area contributed by atoms with Crippen LogP contribution >= 0.6 is 0 Å². The first-order chi connectivity index (χ1) is 16.4. The zero-order valence-electron chi connectivity index (χ0n) is 19.8. The summed E-state index contributed by atoms with van der Waals surface area (Å²) in [6, 6.07) is 9.13. The van der Waals surface area contributed by atoms with Gasteiger partial charge in [0.2, 0.25) is 15.9 Å². The smallest absolute Gasteiger partial charge is 0.270 e. The summed E-state index contributed by atoms with van der Waals surface area (Å²) >= 11 is 0. The van der Waals surface area contributed by atoms with Gasteiger partial charge in [0, 0.05) is 38.1 Å². The first-order valence-corrected chi connectivity index (χ1v) is 13.7. The third-order valence-corrected chi connectivity index (χ3v) is 8.62. The van der Waals surface area contributed by atoms with Crippen LogP contribution in [0.3, 0.4) is 0 Å². The lowest BCUT2D eigenvalue weighted by Gasteiger charge is -2.31. The molecule has 1 aromatic heterocycles. The van der Waals surface area contributed by atoms with Gasteiger partial charge in [-0.25, -0.2) is 8.42 Å². The topological polar surface area (TPSA) is 103 Å². The lowest BCUT2D eigenvalue weighted by molar-refractivity contribution is -0.120. The fourth-order valence-corrected chi connectivity index (χ4v) is 6.25. The minimum atomic E-state index is -3.81. The number of piperidine rings is 1.